The lowest BCUT2D eigenvalue weighted by Gasteiger charge is -2.01. The van der Waals surface area contributed by atoms with Gasteiger partial charge in [-0.1, -0.05) is 36.4 Å². The normalized spacial score (nSPS) is 18.3. The van der Waals surface area contributed by atoms with Crippen molar-refractivity contribution in [1.82, 2.24) is 0 Å². The maximum absolute atomic E-state index is 10.6. The Kier molecular flexibility index (Phi) is 2.63. The van der Waals surface area contributed by atoms with Crippen LogP contribution in [0.25, 0.3) is 6.08 Å². The Labute approximate surface area is 87.1 Å². The van der Waals surface area contributed by atoms with Crippen LogP contribution in [-0.4, -0.2) is 17.1 Å². The van der Waals surface area contributed by atoms with E-state index in [0.29, 0.717) is 0 Å². The van der Waals surface area contributed by atoms with Gasteiger partial charge in [0.05, 0.1) is 17.8 Å². The van der Waals surface area contributed by atoms with E-state index in [-0.39, 0.29) is 12.5 Å². The highest BCUT2D eigenvalue weighted by atomic mass is 16.4. The number of hydrogen-bond acceptors (Lipinski definition) is 2. The summed E-state index contributed by atoms with van der Waals surface area (Å²) in [7, 11) is 0. The molecule has 15 heavy (non-hydrogen) atoms. The van der Waals surface area contributed by atoms with Gasteiger partial charge in [-0.05, 0) is 11.3 Å². The third kappa shape index (κ3) is 2.31. The molecule has 3 nitrogen and oxygen atoms in total. The van der Waals surface area contributed by atoms with Gasteiger partial charge in [-0.25, -0.2) is 0 Å². The minimum Gasteiger partial charge on any atom is -0.481 e. The second kappa shape index (κ2) is 4.09. The van der Waals surface area contributed by atoms with Crippen molar-refractivity contribution >= 4 is 12.0 Å². The predicted molar refractivity (Wildman–Crippen MR) is 56.9 cm³/mol. The minimum atomic E-state index is -0.826. The molecule has 0 aliphatic carbocycles. The monoisotopic (exact) mass is 201 g/mol. The molecule has 0 amide bonds. The van der Waals surface area contributed by atoms with E-state index in [0.717, 1.165) is 10.6 Å². The molecule has 2 rings (SSSR count). The van der Waals surface area contributed by atoms with Gasteiger partial charge < -0.3 is 5.11 Å². The van der Waals surface area contributed by atoms with Gasteiger partial charge in [0, 0.05) is 0 Å². The highest BCUT2D eigenvalue weighted by molar-refractivity contribution is 5.68. The van der Waals surface area contributed by atoms with Crippen LogP contribution in [0.2, 0.25) is 0 Å². The summed E-state index contributed by atoms with van der Waals surface area (Å²) in [5.74, 6) is -0.826. The number of carboxylic acids is 1. The van der Waals surface area contributed by atoms with Gasteiger partial charge in [0.15, 0.2) is 0 Å². The fourth-order valence-electron chi connectivity index (χ4n) is 1.55. The molecule has 1 aromatic rings. The van der Waals surface area contributed by atoms with Crippen LogP contribution in [0.15, 0.2) is 41.4 Å². The quantitative estimate of drug-likeness (QED) is 0.757. The molecule has 1 unspecified atom stereocenters. The molecule has 1 aromatic carbocycles. The summed E-state index contributed by atoms with van der Waals surface area (Å²) < 4.78 is 0. The predicted octanol–water partition coefficient (Wildman–Crippen LogP) is 0.500. The lowest BCUT2D eigenvalue weighted by atomic mass is 10.2. The van der Waals surface area contributed by atoms with Crippen LogP contribution in [0.5, 0.6) is 0 Å². The number of para-hydroxylation sites is 1. The van der Waals surface area contributed by atoms with E-state index in [4.69, 9.17) is 5.11 Å². The molecule has 0 bridgehead atoms. The van der Waals surface area contributed by atoms with Crippen molar-refractivity contribution in [2.45, 2.75) is 12.5 Å². The summed E-state index contributed by atoms with van der Waals surface area (Å²) in [6, 6.07) is 7.44. The first-order chi connectivity index (χ1) is 7.25. The van der Waals surface area contributed by atoms with Crippen molar-refractivity contribution < 1.29 is 9.90 Å². The molecule has 0 saturated heterocycles. The molecule has 1 aliphatic rings. The number of allylic oxidation sites excluding steroid dienone is 1. The van der Waals surface area contributed by atoms with E-state index in [1.165, 1.54) is 0 Å². The number of rotatable bonds is 2. The number of carbonyl (C=O) groups is 1. The van der Waals surface area contributed by atoms with Crippen molar-refractivity contribution in [3.63, 3.8) is 0 Å². The van der Waals surface area contributed by atoms with E-state index >= 15 is 0 Å². The number of aliphatic carboxylic acids is 1. The molecule has 1 aliphatic heterocycles. The molecule has 1 heterocycles. The summed E-state index contributed by atoms with van der Waals surface area (Å²) in [4.78, 5) is 15.0. The lowest BCUT2D eigenvalue weighted by Crippen LogP contribution is -2.25. The molecule has 0 radical (unpaired) electrons. The molecule has 1 N–H and O–H groups in total. The molecule has 0 fully saturated rings. The van der Waals surface area contributed by atoms with Gasteiger partial charge in [0.1, 0.15) is 0 Å². The maximum atomic E-state index is 10.6. The van der Waals surface area contributed by atoms with Crippen LogP contribution < -0.4 is 10.6 Å². The highest BCUT2D eigenvalue weighted by Crippen LogP contribution is 2.00. The van der Waals surface area contributed by atoms with Crippen LogP contribution in [0.4, 0.5) is 0 Å². The van der Waals surface area contributed by atoms with Crippen molar-refractivity contribution in [2.24, 2.45) is 4.99 Å². The summed E-state index contributed by atoms with van der Waals surface area (Å²) in [6.07, 6.45) is 5.66. The van der Waals surface area contributed by atoms with Gasteiger partial charge in [-0.3, -0.25) is 9.79 Å². The summed E-state index contributed by atoms with van der Waals surface area (Å²) in [6.45, 7) is 0. The average molecular weight is 201 g/mol. The molecular weight excluding hydrogens is 190 g/mol. The SMILES string of the molecule is O=C(O)CC1C=CC=c2ccccc2=N1. The number of hydrogen-bond donors (Lipinski definition) is 1. The number of fused-ring (bicyclic) bond motifs is 1. The number of benzene rings is 1. The zero-order valence-electron chi connectivity index (χ0n) is 8.13. The van der Waals surface area contributed by atoms with Crippen LogP contribution in [0.3, 0.4) is 0 Å². The smallest absolute Gasteiger partial charge is 0.305 e. The van der Waals surface area contributed by atoms with Gasteiger partial charge in [0.25, 0.3) is 0 Å². The van der Waals surface area contributed by atoms with E-state index in [2.05, 4.69) is 4.99 Å². The Morgan fingerprint density at radius 1 is 1.40 bits per heavy atom. The molecule has 0 aromatic heterocycles. The summed E-state index contributed by atoms with van der Waals surface area (Å²) in [5, 5.41) is 10.6. The Balaban J connectivity index is 2.43. The third-order valence-electron chi connectivity index (χ3n) is 2.23. The van der Waals surface area contributed by atoms with Gasteiger partial charge in [0.2, 0.25) is 0 Å². The van der Waals surface area contributed by atoms with Crippen LogP contribution in [0.1, 0.15) is 6.42 Å². The summed E-state index contributed by atoms with van der Waals surface area (Å²) in [5.41, 5.74) is 0. The number of carboxylic acid groups (broad SMARTS) is 1. The third-order valence-corrected chi connectivity index (χ3v) is 2.23. The van der Waals surface area contributed by atoms with Crippen molar-refractivity contribution in [3.8, 4) is 0 Å². The molecular formula is C12H11NO2. The van der Waals surface area contributed by atoms with E-state index < -0.39 is 5.97 Å². The second-order valence-electron chi connectivity index (χ2n) is 3.40. The zero-order valence-corrected chi connectivity index (χ0v) is 8.13. The number of nitrogens with zero attached hydrogens (tertiary/aromatic N) is 1. The Morgan fingerprint density at radius 3 is 3.00 bits per heavy atom. The topological polar surface area (TPSA) is 49.7 Å². The Morgan fingerprint density at radius 2 is 2.20 bits per heavy atom. The van der Waals surface area contributed by atoms with E-state index in [9.17, 15) is 4.79 Å². The van der Waals surface area contributed by atoms with Crippen molar-refractivity contribution in [3.05, 3.63) is 47.0 Å². The average Bonchev–Trinajstić information content (AvgIpc) is 2.38. The van der Waals surface area contributed by atoms with Crippen LogP contribution in [0, 0.1) is 0 Å². The highest BCUT2D eigenvalue weighted by Gasteiger charge is 2.08. The molecule has 76 valence electrons. The molecule has 1 atom stereocenters. The largest absolute Gasteiger partial charge is 0.481 e. The first kappa shape index (κ1) is 9.65. The van der Waals surface area contributed by atoms with Crippen molar-refractivity contribution in [1.29, 1.82) is 0 Å². The molecule has 0 saturated carbocycles. The standard InChI is InChI=1S/C12H11NO2/c14-12(15)8-10-6-3-5-9-4-1-2-7-11(9)13-10/h1-7,10H,8H2,(H,14,15). The van der Waals surface area contributed by atoms with Crippen LogP contribution >= 0.6 is 0 Å². The fourth-order valence-corrected chi connectivity index (χ4v) is 1.55. The molecule has 0 spiro atoms. The molecule has 3 heteroatoms. The first-order valence-corrected chi connectivity index (χ1v) is 4.79. The van der Waals surface area contributed by atoms with E-state index in [1.807, 2.05) is 42.5 Å². The first-order valence-electron chi connectivity index (χ1n) is 4.79. The second-order valence-corrected chi connectivity index (χ2v) is 3.40. The van der Waals surface area contributed by atoms with E-state index in [1.54, 1.807) is 0 Å². The lowest BCUT2D eigenvalue weighted by molar-refractivity contribution is -0.137. The maximum Gasteiger partial charge on any atom is 0.305 e. The summed E-state index contributed by atoms with van der Waals surface area (Å²) >= 11 is 0. The van der Waals surface area contributed by atoms with Crippen LogP contribution in [-0.2, 0) is 4.79 Å². The Bertz CT molecular complexity index is 517. The Hall–Kier alpha value is -1.90. The van der Waals surface area contributed by atoms with Gasteiger partial charge >= 0.3 is 5.97 Å². The van der Waals surface area contributed by atoms with Gasteiger partial charge in [-0.15, -0.1) is 0 Å². The zero-order chi connectivity index (χ0) is 10.7. The minimum absolute atomic E-state index is 0.0404. The fraction of sp³-hybridized carbons (Fsp3) is 0.167. The van der Waals surface area contributed by atoms with Crippen molar-refractivity contribution in [2.75, 3.05) is 0 Å². The van der Waals surface area contributed by atoms with Gasteiger partial charge in [-0.2, -0.15) is 0 Å².